The summed E-state index contributed by atoms with van der Waals surface area (Å²) in [5.41, 5.74) is 7.17. The summed E-state index contributed by atoms with van der Waals surface area (Å²) in [6.07, 6.45) is 0.873. The molecule has 3 atom stereocenters. The molecule has 1 heterocycles. The fourth-order valence-electron chi connectivity index (χ4n) is 2.43. The van der Waals surface area contributed by atoms with Gasteiger partial charge in [-0.2, -0.15) is 0 Å². The number of amides is 1. The van der Waals surface area contributed by atoms with Gasteiger partial charge in [0.1, 0.15) is 6.10 Å². The second kappa shape index (κ2) is 6.86. The van der Waals surface area contributed by atoms with Crippen LogP contribution in [0.2, 0.25) is 0 Å². The monoisotopic (exact) mass is 276 g/mol. The minimum absolute atomic E-state index is 0.0435. The zero-order valence-corrected chi connectivity index (χ0v) is 12.3. The van der Waals surface area contributed by atoms with E-state index in [-0.39, 0.29) is 17.9 Å². The maximum absolute atomic E-state index is 12.4. The molecule has 0 radical (unpaired) electrons. The van der Waals surface area contributed by atoms with E-state index in [1.165, 1.54) is 0 Å². The second-order valence-corrected chi connectivity index (χ2v) is 5.47. The highest BCUT2D eigenvalue weighted by atomic mass is 16.5. The third kappa shape index (κ3) is 3.38. The van der Waals surface area contributed by atoms with E-state index in [1.54, 1.807) is 0 Å². The number of carbonyl (C=O) groups is 1. The van der Waals surface area contributed by atoms with Crippen LogP contribution < -0.4 is 5.73 Å². The van der Waals surface area contributed by atoms with Crippen LogP contribution in [0.25, 0.3) is 0 Å². The highest BCUT2D eigenvalue weighted by molar-refractivity contribution is 5.82. The van der Waals surface area contributed by atoms with Gasteiger partial charge in [-0.25, -0.2) is 0 Å². The average Bonchev–Trinajstić information content (AvgIpc) is 2.53. The van der Waals surface area contributed by atoms with Gasteiger partial charge in [0.05, 0.1) is 19.2 Å². The van der Waals surface area contributed by atoms with Crippen molar-refractivity contribution in [3.05, 3.63) is 35.9 Å². The van der Waals surface area contributed by atoms with Crippen molar-refractivity contribution in [1.82, 2.24) is 4.90 Å². The third-order valence-electron chi connectivity index (χ3n) is 4.09. The largest absolute Gasteiger partial charge is 0.370 e. The molecule has 0 spiro atoms. The van der Waals surface area contributed by atoms with E-state index in [0.29, 0.717) is 19.7 Å². The van der Waals surface area contributed by atoms with Gasteiger partial charge in [0.15, 0.2) is 0 Å². The minimum Gasteiger partial charge on any atom is -0.370 e. The lowest BCUT2D eigenvalue weighted by Crippen LogP contribution is -2.51. The topological polar surface area (TPSA) is 55.6 Å². The summed E-state index contributed by atoms with van der Waals surface area (Å²) >= 11 is 0. The average molecular weight is 276 g/mol. The van der Waals surface area contributed by atoms with E-state index in [4.69, 9.17) is 10.5 Å². The molecule has 0 aromatic heterocycles. The van der Waals surface area contributed by atoms with E-state index in [0.717, 1.165) is 12.0 Å². The van der Waals surface area contributed by atoms with Gasteiger partial charge in [0.25, 0.3) is 0 Å². The van der Waals surface area contributed by atoms with Crippen LogP contribution in [-0.2, 0) is 9.53 Å². The van der Waals surface area contributed by atoms with Gasteiger partial charge in [-0.05, 0) is 11.5 Å². The quantitative estimate of drug-likeness (QED) is 0.914. The van der Waals surface area contributed by atoms with Gasteiger partial charge < -0.3 is 15.4 Å². The molecular weight excluding hydrogens is 252 g/mol. The number of nitrogens with zero attached hydrogens (tertiary/aromatic N) is 1. The molecule has 1 saturated heterocycles. The van der Waals surface area contributed by atoms with Crippen LogP contribution in [0.15, 0.2) is 30.3 Å². The Bertz CT molecular complexity index is 435. The molecule has 0 bridgehead atoms. The normalized spacial score (nSPS) is 22.4. The first-order valence-corrected chi connectivity index (χ1v) is 7.34. The van der Waals surface area contributed by atoms with Crippen LogP contribution in [0.3, 0.4) is 0 Å². The summed E-state index contributed by atoms with van der Waals surface area (Å²) in [5.74, 6) is 0.254. The van der Waals surface area contributed by atoms with Crippen molar-refractivity contribution in [3.8, 4) is 0 Å². The van der Waals surface area contributed by atoms with Crippen molar-refractivity contribution in [1.29, 1.82) is 0 Å². The summed E-state index contributed by atoms with van der Waals surface area (Å²) in [5, 5.41) is 0. The predicted octanol–water partition coefficient (Wildman–Crippen LogP) is 1.96. The van der Waals surface area contributed by atoms with Crippen molar-refractivity contribution in [2.24, 2.45) is 11.7 Å². The van der Waals surface area contributed by atoms with Crippen LogP contribution in [0.1, 0.15) is 31.9 Å². The fourth-order valence-corrected chi connectivity index (χ4v) is 2.43. The predicted molar refractivity (Wildman–Crippen MR) is 79.1 cm³/mol. The summed E-state index contributed by atoms with van der Waals surface area (Å²) in [4.78, 5) is 14.3. The Labute approximate surface area is 120 Å². The van der Waals surface area contributed by atoms with Gasteiger partial charge in [0.2, 0.25) is 5.91 Å². The number of rotatable bonds is 4. The Morgan fingerprint density at radius 2 is 2.15 bits per heavy atom. The molecule has 20 heavy (non-hydrogen) atoms. The van der Waals surface area contributed by atoms with E-state index in [9.17, 15) is 4.79 Å². The molecule has 1 amide bonds. The summed E-state index contributed by atoms with van der Waals surface area (Å²) in [6.45, 7) is 5.87. The molecule has 4 heteroatoms. The number of ether oxygens (including phenoxy) is 1. The molecule has 1 fully saturated rings. The molecule has 1 aliphatic rings. The van der Waals surface area contributed by atoms with Crippen LogP contribution >= 0.6 is 0 Å². The SMILES string of the molecule is CCC(C)C(N)C(=O)N1CCOC(c2ccccc2)C1. The zero-order chi connectivity index (χ0) is 14.5. The first kappa shape index (κ1) is 15.0. The van der Waals surface area contributed by atoms with Crippen molar-refractivity contribution in [2.45, 2.75) is 32.4 Å². The second-order valence-electron chi connectivity index (χ2n) is 5.47. The maximum Gasteiger partial charge on any atom is 0.239 e. The molecule has 1 aromatic carbocycles. The molecule has 3 unspecified atom stereocenters. The van der Waals surface area contributed by atoms with Crippen molar-refractivity contribution >= 4 is 5.91 Å². The molecule has 1 aromatic rings. The molecule has 0 saturated carbocycles. The highest BCUT2D eigenvalue weighted by Crippen LogP contribution is 2.22. The molecule has 4 nitrogen and oxygen atoms in total. The summed E-state index contributed by atoms with van der Waals surface area (Å²) in [6, 6.07) is 9.62. The Hall–Kier alpha value is -1.39. The Kier molecular flexibility index (Phi) is 5.15. The number of hydrogen-bond acceptors (Lipinski definition) is 3. The van der Waals surface area contributed by atoms with Crippen LogP contribution in [0.4, 0.5) is 0 Å². The van der Waals surface area contributed by atoms with Crippen molar-refractivity contribution < 1.29 is 9.53 Å². The van der Waals surface area contributed by atoms with E-state index < -0.39 is 6.04 Å². The summed E-state index contributed by atoms with van der Waals surface area (Å²) in [7, 11) is 0. The number of morpholine rings is 1. The number of nitrogens with two attached hydrogens (primary N) is 1. The zero-order valence-electron chi connectivity index (χ0n) is 12.3. The molecular formula is C16H24N2O2. The third-order valence-corrected chi connectivity index (χ3v) is 4.09. The highest BCUT2D eigenvalue weighted by Gasteiger charge is 2.30. The standard InChI is InChI=1S/C16H24N2O2/c1-3-12(2)15(17)16(19)18-9-10-20-14(11-18)13-7-5-4-6-8-13/h4-8,12,14-15H,3,9-11,17H2,1-2H3. The van der Waals surface area contributed by atoms with Gasteiger partial charge in [0, 0.05) is 6.54 Å². The fraction of sp³-hybridized carbons (Fsp3) is 0.562. The lowest BCUT2D eigenvalue weighted by Gasteiger charge is -2.35. The van der Waals surface area contributed by atoms with E-state index >= 15 is 0 Å². The molecule has 110 valence electrons. The Morgan fingerprint density at radius 1 is 1.45 bits per heavy atom. The van der Waals surface area contributed by atoms with Crippen LogP contribution in [-0.4, -0.2) is 36.5 Å². The maximum atomic E-state index is 12.4. The number of hydrogen-bond donors (Lipinski definition) is 1. The lowest BCUT2D eigenvalue weighted by molar-refractivity contribution is -0.141. The summed E-state index contributed by atoms with van der Waals surface area (Å²) < 4.78 is 5.78. The number of carbonyl (C=O) groups excluding carboxylic acids is 1. The molecule has 1 aliphatic heterocycles. The molecule has 2 rings (SSSR count). The molecule has 2 N–H and O–H groups in total. The Morgan fingerprint density at radius 3 is 2.80 bits per heavy atom. The lowest BCUT2D eigenvalue weighted by atomic mass is 9.98. The van der Waals surface area contributed by atoms with Gasteiger partial charge in [-0.15, -0.1) is 0 Å². The Balaban J connectivity index is 2.02. The smallest absolute Gasteiger partial charge is 0.239 e. The van der Waals surface area contributed by atoms with Crippen molar-refractivity contribution in [3.63, 3.8) is 0 Å². The number of benzene rings is 1. The first-order valence-electron chi connectivity index (χ1n) is 7.34. The van der Waals surface area contributed by atoms with Gasteiger partial charge in [-0.3, -0.25) is 4.79 Å². The minimum atomic E-state index is -0.408. The van der Waals surface area contributed by atoms with E-state index in [2.05, 4.69) is 6.92 Å². The van der Waals surface area contributed by atoms with Gasteiger partial charge >= 0.3 is 0 Å². The van der Waals surface area contributed by atoms with Crippen LogP contribution in [0, 0.1) is 5.92 Å². The van der Waals surface area contributed by atoms with E-state index in [1.807, 2.05) is 42.2 Å². The van der Waals surface area contributed by atoms with Crippen molar-refractivity contribution in [2.75, 3.05) is 19.7 Å². The first-order chi connectivity index (χ1) is 9.63. The molecule has 0 aliphatic carbocycles. The van der Waals surface area contributed by atoms with Gasteiger partial charge in [-0.1, -0.05) is 50.6 Å². The van der Waals surface area contributed by atoms with Crippen LogP contribution in [0.5, 0.6) is 0 Å².